The highest BCUT2D eigenvalue weighted by atomic mass is 35.5. The lowest BCUT2D eigenvalue weighted by Gasteiger charge is -2.09. The summed E-state index contributed by atoms with van der Waals surface area (Å²) >= 11 is 5.54. The number of halogens is 2. The Bertz CT molecular complexity index is 295. The van der Waals surface area contributed by atoms with Crippen molar-refractivity contribution in [3.8, 4) is 0 Å². The fourth-order valence-electron chi connectivity index (χ4n) is 0.828. The molecule has 1 rings (SSSR count). The van der Waals surface area contributed by atoms with Gasteiger partial charge in [-0.15, -0.1) is 0 Å². The molecule has 0 bridgehead atoms. The molecule has 0 aromatic heterocycles. The molecule has 0 amide bonds. The van der Waals surface area contributed by atoms with E-state index in [1.54, 1.807) is 6.92 Å². The van der Waals surface area contributed by atoms with Crippen molar-refractivity contribution >= 4 is 25.3 Å². The van der Waals surface area contributed by atoms with E-state index in [1.807, 2.05) is 0 Å². The maximum atomic E-state index is 13.1. The van der Waals surface area contributed by atoms with E-state index in [0.717, 1.165) is 6.07 Å². The van der Waals surface area contributed by atoms with Crippen LogP contribution >= 0.6 is 20.0 Å². The van der Waals surface area contributed by atoms with Crippen LogP contribution in [0.4, 0.5) is 4.39 Å². The summed E-state index contributed by atoms with van der Waals surface area (Å²) in [5.74, 6) is -0.533. The normalized spacial score (nSPS) is 12.9. The van der Waals surface area contributed by atoms with Gasteiger partial charge in [0.25, 0.3) is 0 Å². The highest BCUT2D eigenvalue weighted by Gasteiger charge is 2.13. The summed E-state index contributed by atoms with van der Waals surface area (Å²) in [5, 5.41) is 0.474. The first-order valence-corrected chi connectivity index (χ1v) is 5.31. The Morgan fingerprint density at radius 2 is 2.31 bits per heavy atom. The average Bonchev–Trinajstić information content (AvgIpc) is 2.04. The van der Waals surface area contributed by atoms with E-state index in [-0.39, 0.29) is 5.30 Å². The van der Waals surface area contributed by atoms with Gasteiger partial charge in [0, 0.05) is 5.02 Å². The molecular formula is C8H9ClFO2P. The van der Waals surface area contributed by atoms with E-state index < -0.39 is 14.2 Å². The molecule has 1 N–H and O–H groups in total. The second-order valence-electron chi connectivity index (χ2n) is 2.29. The minimum absolute atomic E-state index is 0.168. The third-order valence-corrected chi connectivity index (χ3v) is 2.88. The van der Waals surface area contributed by atoms with Crippen LogP contribution in [-0.4, -0.2) is 11.5 Å². The molecule has 1 aromatic carbocycles. The maximum Gasteiger partial charge on any atom is 0.205 e. The van der Waals surface area contributed by atoms with E-state index in [0.29, 0.717) is 11.6 Å². The van der Waals surface area contributed by atoms with Gasteiger partial charge in [-0.05, 0) is 25.1 Å². The van der Waals surface area contributed by atoms with Crippen molar-refractivity contribution in [1.29, 1.82) is 0 Å². The van der Waals surface area contributed by atoms with Crippen LogP contribution < -0.4 is 5.30 Å². The van der Waals surface area contributed by atoms with Crippen molar-refractivity contribution in [3.63, 3.8) is 0 Å². The maximum absolute atomic E-state index is 13.1. The molecule has 0 fully saturated rings. The van der Waals surface area contributed by atoms with Crippen LogP contribution in [0.5, 0.6) is 0 Å². The van der Waals surface area contributed by atoms with Crippen LogP contribution in [0.25, 0.3) is 0 Å². The number of rotatable bonds is 3. The summed E-state index contributed by atoms with van der Waals surface area (Å²) < 4.78 is 18.0. The predicted octanol–water partition coefficient (Wildman–Crippen LogP) is 2.45. The smallest absolute Gasteiger partial charge is 0.205 e. The zero-order chi connectivity index (χ0) is 9.84. The van der Waals surface area contributed by atoms with Crippen molar-refractivity contribution < 1.29 is 13.8 Å². The minimum atomic E-state index is -1.84. The molecule has 0 aliphatic rings. The van der Waals surface area contributed by atoms with Gasteiger partial charge in [-0.3, -0.25) is 0 Å². The van der Waals surface area contributed by atoms with Gasteiger partial charge >= 0.3 is 0 Å². The number of hydrogen-bond donors (Lipinski definition) is 1. The van der Waals surface area contributed by atoms with Gasteiger partial charge in [0.15, 0.2) is 0 Å². The zero-order valence-electron chi connectivity index (χ0n) is 7.00. The molecule has 13 heavy (non-hydrogen) atoms. The van der Waals surface area contributed by atoms with E-state index in [9.17, 15) is 9.28 Å². The van der Waals surface area contributed by atoms with Crippen molar-refractivity contribution in [2.45, 2.75) is 6.92 Å². The SMILES string of the molecule is CCOP(O)c1ccc(Cl)cc1F. The molecule has 0 heterocycles. The molecule has 0 aliphatic heterocycles. The average molecular weight is 223 g/mol. The Kier molecular flexibility index (Phi) is 4.07. The predicted molar refractivity (Wildman–Crippen MR) is 51.8 cm³/mol. The molecule has 1 unspecified atom stereocenters. The Morgan fingerprint density at radius 1 is 1.62 bits per heavy atom. The summed E-state index contributed by atoms with van der Waals surface area (Å²) in [4.78, 5) is 9.35. The van der Waals surface area contributed by atoms with Crippen molar-refractivity contribution in [1.82, 2.24) is 0 Å². The summed E-state index contributed by atoms with van der Waals surface area (Å²) in [6, 6.07) is 4.10. The second-order valence-corrected chi connectivity index (χ2v) is 4.01. The molecule has 0 saturated heterocycles. The molecule has 72 valence electrons. The topological polar surface area (TPSA) is 29.5 Å². The van der Waals surface area contributed by atoms with Gasteiger partial charge in [-0.25, -0.2) is 4.39 Å². The van der Waals surface area contributed by atoms with Crippen LogP contribution in [0.1, 0.15) is 6.92 Å². The summed E-state index contributed by atoms with van der Waals surface area (Å²) in [6.45, 7) is 2.09. The van der Waals surface area contributed by atoms with Crippen LogP contribution in [-0.2, 0) is 4.52 Å². The van der Waals surface area contributed by atoms with E-state index >= 15 is 0 Å². The minimum Gasteiger partial charge on any atom is -0.346 e. The Labute approximate surface area is 82.2 Å². The van der Waals surface area contributed by atoms with Crippen LogP contribution in [0.15, 0.2) is 18.2 Å². The summed E-state index contributed by atoms with van der Waals surface area (Å²) in [5.41, 5.74) is 0. The number of benzene rings is 1. The first kappa shape index (κ1) is 10.9. The van der Waals surface area contributed by atoms with Crippen LogP contribution in [0, 0.1) is 5.82 Å². The lowest BCUT2D eigenvalue weighted by molar-refractivity contribution is 0.337. The molecule has 0 saturated carbocycles. The molecule has 0 aliphatic carbocycles. The quantitative estimate of drug-likeness (QED) is 0.796. The third kappa shape index (κ3) is 2.89. The van der Waals surface area contributed by atoms with Gasteiger partial charge < -0.3 is 9.42 Å². The Balaban J connectivity index is 2.88. The highest BCUT2D eigenvalue weighted by molar-refractivity contribution is 7.55. The van der Waals surface area contributed by atoms with Crippen molar-refractivity contribution in [2.75, 3.05) is 6.61 Å². The zero-order valence-corrected chi connectivity index (χ0v) is 8.65. The Morgan fingerprint density at radius 3 is 2.85 bits per heavy atom. The van der Waals surface area contributed by atoms with Gasteiger partial charge in [0.2, 0.25) is 8.38 Å². The molecule has 0 radical (unpaired) electrons. The lowest BCUT2D eigenvalue weighted by atomic mass is 10.3. The van der Waals surface area contributed by atoms with E-state index in [1.165, 1.54) is 12.1 Å². The van der Waals surface area contributed by atoms with Gasteiger partial charge in [0.1, 0.15) is 5.82 Å². The van der Waals surface area contributed by atoms with Crippen LogP contribution in [0.3, 0.4) is 0 Å². The first-order chi connectivity index (χ1) is 6.15. The molecule has 5 heteroatoms. The highest BCUT2D eigenvalue weighted by Crippen LogP contribution is 2.31. The van der Waals surface area contributed by atoms with E-state index in [2.05, 4.69) is 0 Å². The Hall–Kier alpha value is -0.210. The summed E-state index contributed by atoms with van der Waals surface area (Å²) in [7, 11) is -1.84. The van der Waals surface area contributed by atoms with Crippen LogP contribution in [0.2, 0.25) is 5.02 Å². The standard InChI is InChI=1S/C8H9ClFO2P/c1-2-12-13(11)8-4-3-6(9)5-7(8)10/h3-5,11H,2H2,1H3. The first-order valence-electron chi connectivity index (χ1n) is 3.72. The fraction of sp³-hybridized carbons (Fsp3) is 0.250. The molecule has 1 atom stereocenters. The van der Waals surface area contributed by atoms with E-state index in [4.69, 9.17) is 16.1 Å². The van der Waals surface area contributed by atoms with Crippen molar-refractivity contribution in [3.05, 3.63) is 29.0 Å². The molecular weight excluding hydrogens is 214 g/mol. The van der Waals surface area contributed by atoms with Gasteiger partial charge in [-0.2, -0.15) is 0 Å². The fourth-order valence-corrected chi connectivity index (χ4v) is 1.82. The molecule has 0 spiro atoms. The lowest BCUT2D eigenvalue weighted by Crippen LogP contribution is -2.07. The monoisotopic (exact) mass is 222 g/mol. The summed E-state index contributed by atoms with van der Waals surface area (Å²) in [6.07, 6.45) is 0. The third-order valence-electron chi connectivity index (χ3n) is 1.37. The number of hydrogen-bond acceptors (Lipinski definition) is 2. The van der Waals surface area contributed by atoms with Gasteiger partial charge in [0.05, 0.1) is 11.9 Å². The molecule has 2 nitrogen and oxygen atoms in total. The largest absolute Gasteiger partial charge is 0.346 e. The van der Waals surface area contributed by atoms with Gasteiger partial charge in [-0.1, -0.05) is 11.6 Å². The van der Waals surface area contributed by atoms with Crippen molar-refractivity contribution in [2.24, 2.45) is 0 Å². The molecule has 1 aromatic rings. The second kappa shape index (κ2) is 4.87.